The number of carbonyl (C=O) groups excluding carboxylic acids is 2. The number of thiazole rings is 1. The fourth-order valence-corrected chi connectivity index (χ4v) is 5.87. The Balaban J connectivity index is 1.67. The molecule has 8 nitrogen and oxygen atoms in total. The number of amides is 1. The Hall–Kier alpha value is -4.63. The highest BCUT2D eigenvalue weighted by Gasteiger charge is 2.48. The maximum Gasteiger partial charge on any atom is 0.301 e. The fourth-order valence-electron chi connectivity index (χ4n) is 4.78. The van der Waals surface area contributed by atoms with Gasteiger partial charge >= 0.3 is 5.91 Å². The Morgan fingerprint density at radius 2 is 1.81 bits per heavy atom. The van der Waals surface area contributed by atoms with Crippen LogP contribution in [0.1, 0.15) is 43.0 Å². The highest BCUT2D eigenvalue weighted by molar-refractivity contribution is 7.22. The number of ether oxygens (including phenoxy) is 3. The lowest BCUT2D eigenvalue weighted by Crippen LogP contribution is -2.29. The second kappa shape index (κ2) is 12.5. The molecule has 4 aromatic rings. The van der Waals surface area contributed by atoms with E-state index in [9.17, 15) is 14.7 Å². The van der Waals surface area contributed by atoms with Crippen molar-refractivity contribution in [2.75, 3.05) is 24.7 Å². The molecule has 1 aromatic heterocycles. The summed E-state index contributed by atoms with van der Waals surface area (Å²) in [6.45, 7) is 10.8. The number of ketones is 1. The first-order valence-corrected chi connectivity index (χ1v) is 14.6. The molecule has 1 unspecified atom stereocenters. The summed E-state index contributed by atoms with van der Waals surface area (Å²) >= 11 is 1.31. The van der Waals surface area contributed by atoms with Crippen LogP contribution in [0.15, 0.2) is 78.9 Å². The van der Waals surface area contributed by atoms with Gasteiger partial charge in [0.1, 0.15) is 18.1 Å². The summed E-state index contributed by atoms with van der Waals surface area (Å²) in [6, 6.07) is 16.9. The number of Topliss-reactive ketones (excluding diaryl/α,β-unsaturated/α-hetero) is 1. The SMILES string of the molecule is C=CCOc1ccc(C2C(=C(O)c3ccc(OCCC)cc3)C(=O)C(=O)N2c2nc3ccc(C)cc3s2)cc1OCC. The normalized spacial score (nSPS) is 16.2. The zero-order valence-corrected chi connectivity index (χ0v) is 24.6. The largest absolute Gasteiger partial charge is 0.507 e. The first-order chi connectivity index (χ1) is 20.4. The molecule has 1 amide bonds. The van der Waals surface area contributed by atoms with Crippen LogP contribution in [0.2, 0.25) is 0 Å². The number of aromatic nitrogens is 1. The van der Waals surface area contributed by atoms with Gasteiger partial charge in [-0.25, -0.2) is 4.98 Å². The van der Waals surface area contributed by atoms with Gasteiger partial charge in [0.15, 0.2) is 16.6 Å². The van der Waals surface area contributed by atoms with Crippen LogP contribution in [0.4, 0.5) is 5.13 Å². The lowest BCUT2D eigenvalue weighted by Gasteiger charge is -2.24. The van der Waals surface area contributed by atoms with Crippen molar-refractivity contribution in [2.24, 2.45) is 0 Å². The second-order valence-electron chi connectivity index (χ2n) is 9.75. The van der Waals surface area contributed by atoms with Crippen molar-refractivity contribution in [1.29, 1.82) is 0 Å². The number of carbonyl (C=O) groups is 2. The van der Waals surface area contributed by atoms with Crippen molar-refractivity contribution in [3.05, 3.63) is 95.6 Å². The van der Waals surface area contributed by atoms with E-state index in [4.69, 9.17) is 19.2 Å². The topological polar surface area (TPSA) is 98.2 Å². The van der Waals surface area contributed by atoms with Crippen molar-refractivity contribution < 1.29 is 28.9 Å². The molecule has 1 saturated heterocycles. The standard InChI is InChI=1S/C33H32N2O6S/c1-5-16-40-23-12-9-21(10-13-23)30(36)28-29(22-11-15-25(41-17-6-2)26(19-22)39-7-3)35(32(38)31(28)37)33-34-24-14-8-20(4)18-27(24)42-33/h6,8-15,18-19,29,36H,2,5,7,16-17H2,1,3-4H3. The Bertz CT molecular complexity index is 1670. The van der Waals surface area contributed by atoms with Crippen LogP contribution in [-0.4, -0.2) is 41.6 Å². The number of hydrogen-bond donors (Lipinski definition) is 1. The van der Waals surface area contributed by atoms with Crippen molar-refractivity contribution in [2.45, 2.75) is 33.2 Å². The molecule has 0 aliphatic carbocycles. The number of nitrogens with zero attached hydrogens (tertiary/aromatic N) is 2. The average Bonchev–Trinajstić information content (AvgIpc) is 3.52. The molecule has 1 fully saturated rings. The van der Waals surface area contributed by atoms with Crippen LogP contribution < -0.4 is 19.1 Å². The summed E-state index contributed by atoms with van der Waals surface area (Å²) in [5, 5.41) is 11.9. The minimum absolute atomic E-state index is 0.0418. The Kier molecular flexibility index (Phi) is 8.59. The molecule has 0 spiro atoms. The number of hydrogen-bond acceptors (Lipinski definition) is 8. The summed E-state index contributed by atoms with van der Waals surface area (Å²) in [4.78, 5) is 33.4. The highest BCUT2D eigenvalue weighted by atomic mass is 32.1. The maximum atomic E-state index is 13.7. The third-order valence-electron chi connectivity index (χ3n) is 6.72. The number of aryl methyl sites for hydroxylation is 1. The Labute approximate surface area is 248 Å². The summed E-state index contributed by atoms with van der Waals surface area (Å²) in [6.07, 6.45) is 2.49. The van der Waals surface area contributed by atoms with Gasteiger partial charge < -0.3 is 19.3 Å². The van der Waals surface area contributed by atoms with E-state index in [1.165, 1.54) is 16.2 Å². The molecule has 1 aliphatic heterocycles. The van der Waals surface area contributed by atoms with E-state index in [1.54, 1.807) is 48.5 Å². The molecule has 5 rings (SSSR count). The van der Waals surface area contributed by atoms with E-state index >= 15 is 0 Å². The fraction of sp³-hybridized carbons (Fsp3) is 0.242. The molecule has 0 bridgehead atoms. The Morgan fingerprint density at radius 1 is 1.02 bits per heavy atom. The summed E-state index contributed by atoms with van der Waals surface area (Å²) in [5.41, 5.74) is 2.67. The molecule has 1 aliphatic rings. The molecule has 9 heteroatoms. The van der Waals surface area contributed by atoms with Gasteiger partial charge in [-0.1, -0.05) is 43.0 Å². The molecule has 0 saturated carbocycles. The summed E-state index contributed by atoms with van der Waals surface area (Å²) < 4.78 is 18.2. The van der Waals surface area contributed by atoms with Crippen LogP contribution in [0, 0.1) is 6.92 Å². The van der Waals surface area contributed by atoms with Crippen LogP contribution in [0.5, 0.6) is 17.2 Å². The number of rotatable bonds is 11. The minimum Gasteiger partial charge on any atom is -0.507 e. The quantitative estimate of drug-likeness (QED) is 0.0879. The minimum atomic E-state index is -0.963. The van der Waals surface area contributed by atoms with Gasteiger partial charge in [0.05, 0.1) is 35.0 Å². The lowest BCUT2D eigenvalue weighted by molar-refractivity contribution is -0.132. The third-order valence-corrected chi connectivity index (χ3v) is 7.74. The van der Waals surface area contributed by atoms with E-state index in [0.29, 0.717) is 52.2 Å². The molecular weight excluding hydrogens is 552 g/mol. The maximum absolute atomic E-state index is 13.7. The molecule has 2 heterocycles. The zero-order valence-electron chi connectivity index (χ0n) is 23.8. The monoisotopic (exact) mass is 584 g/mol. The molecule has 3 aromatic carbocycles. The molecule has 1 N–H and O–H groups in total. The zero-order chi connectivity index (χ0) is 29.8. The van der Waals surface area contributed by atoms with E-state index in [0.717, 1.165) is 16.7 Å². The number of benzene rings is 3. The number of anilines is 1. The molecule has 42 heavy (non-hydrogen) atoms. The molecule has 216 valence electrons. The van der Waals surface area contributed by atoms with E-state index in [-0.39, 0.29) is 17.9 Å². The number of aliphatic hydroxyl groups excluding tert-OH is 1. The van der Waals surface area contributed by atoms with Crippen molar-refractivity contribution in [3.63, 3.8) is 0 Å². The van der Waals surface area contributed by atoms with Gasteiger partial charge in [0.25, 0.3) is 5.78 Å². The highest BCUT2D eigenvalue weighted by Crippen LogP contribution is 2.46. The van der Waals surface area contributed by atoms with Gasteiger partial charge in [-0.15, -0.1) is 0 Å². The van der Waals surface area contributed by atoms with Crippen molar-refractivity contribution in [1.82, 2.24) is 4.98 Å². The predicted molar refractivity (Wildman–Crippen MR) is 165 cm³/mol. The van der Waals surface area contributed by atoms with E-state index in [2.05, 4.69) is 6.58 Å². The van der Waals surface area contributed by atoms with Gasteiger partial charge in [0, 0.05) is 5.56 Å². The lowest BCUT2D eigenvalue weighted by atomic mass is 9.95. The van der Waals surface area contributed by atoms with Crippen molar-refractivity contribution in [3.8, 4) is 17.2 Å². The van der Waals surface area contributed by atoms with Crippen LogP contribution >= 0.6 is 11.3 Å². The first kappa shape index (κ1) is 28.9. The van der Waals surface area contributed by atoms with Crippen LogP contribution in [-0.2, 0) is 9.59 Å². The number of fused-ring (bicyclic) bond motifs is 1. The van der Waals surface area contributed by atoms with Gasteiger partial charge in [-0.05, 0) is 79.9 Å². The molecule has 1 atom stereocenters. The summed E-state index contributed by atoms with van der Waals surface area (Å²) in [7, 11) is 0. The average molecular weight is 585 g/mol. The smallest absolute Gasteiger partial charge is 0.301 e. The van der Waals surface area contributed by atoms with Crippen LogP contribution in [0.3, 0.4) is 0 Å². The predicted octanol–water partition coefficient (Wildman–Crippen LogP) is 6.98. The number of aliphatic hydroxyl groups is 1. The second-order valence-corrected chi connectivity index (χ2v) is 10.8. The third kappa shape index (κ3) is 5.60. The molecular formula is C33H32N2O6S. The van der Waals surface area contributed by atoms with Gasteiger partial charge in [-0.3, -0.25) is 14.5 Å². The van der Waals surface area contributed by atoms with E-state index in [1.807, 2.05) is 39.0 Å². The Morgan fingerprint density at radius 3 is 2.52 bits per heavy atom. The van der Waals surface area contributed by atoms with Crippen molar-refractivity contribution >= 4 is 44.1 Å². The first-order valence-electron chi connectivity index (χ1n) is 13.8. The van der Waals surface area contributed by atoms with Gasteiger partial charge in [-0.2, -0.15) is 0 Å². The van der Waals surface area contributed by atoms with Crippen LogP contribution in [0.25, 0.3) is 16.0 Å². The van der Waals surface area contributed by atoms with Gasteiger partial charge in [0.2, 0.25) is 0 Å². The summed E-state index contributed by atoms with van der Waals surface area (Å²) in [5.74, 6) is -0.277. The van der Waals surface area contributed by atoms with E-state index < -0.39 is 17.7 Å². The molecule has 0 radical (unpaired) electrons.